The minimum Gasteiger partial charge on any atom is -0.347 e. The number of aryl methyl sites for hydroxylation is 1. The van der Waals surface area contributed by atoms with E-state index in [0.29, 0.717) is 27.0 Å². The topological polar surface area (TPSA) is 114 Å². The van der Waals surface area contributed by atoms with Gasteiger partial charge in [0, 0.05) is 25.0 Å². The van der Waals surface area contributed by atoms with E-state index in [0.717, 1.165) is 5.56 Å². The van der Waals surface area contributed by atoms with Crippen LogP contribution in [-0.2, 0) is 22.3 Å². The van der Waals surface area contributed by atoms with Crippen LogP contribution in [-0.4, -0.2) is 35.3 Å². The summed E-state index contributed by atoms with van der Waals surface area (Å²) in [5.74, 6) is 0.0507. The zero-order chi connectivity index (χ0) is 21.7. The second kappa shape index (κ2) is 9.41. The van der Waals surface area contributed by atoms with Crippen molar-refractivity contribution in [1.82, 2.24) is 25.0 Å². The van der Waals surface area contributed by atoms with Gasteiger partial charge in [0.25, 0.3) is 5.91 Å². The van der Waals surface area contributed by atoms with Crippen LogP contribution in [0.3, 0.4) is 0 Å². The molecule has 0 spiro atoms. The molecule has 0 radical (unpaired) electrons. The Labute approximate surface area is 179 Å². The number of hydrogen-bond acceptors (Lipinski definition) is 7. The predicted octanol–water partition coefficient (Wildman–Crippen LogP) is 2.67. The van der Waals surface area contributed by atoms with Crippen molar-refractivity contribution >= 4 is 27.3 Å². The van der Waals surface area contributed by atoms with Crippen LogP contribution < -0.4 is 10.0 Å². The fourth-order valence-electron chi connectivity index (χ4n) is 2.84. The normalized spacial score (nSPS) is 11.6. The minimum absolute atomic E-state index is 0.147. The van der Waals surface area contributed by atoms with Gasteiger partial charge in [0.1, 0.15) is 4.88 Å². The van der Waals surface area contributed by atoms with Crippen LogP contribution in [0.4, 0.5) is 0 Å². The average Bonchev–Trinajstić information content (AvgIpc) is 3.08. The van der Waals surface area contributed by atoms with Crippen LogP contribution in [0.25, 0.3) is 10.8 Å². The molecule has 1 aromatic carbocycles. The molecule has 2 aromatic heterocycles. The van der Waals surface area contributed by atoms with Crippen molar-refractivity contribution in [3.8, 4) is 10.8 Å². The highest BCUT2D eigenvalue weighted by Gasteiger charge is 2.19. The zero-order valence-corrected chi connectivity index (χ0v) is 18.5. The molecular formula is C20H23N5O3S2. The van der Waals surface area contributed by atoms with Gasteiger partial charge in [-0.1, -0.05) is 24.3 Å². The maximum atomic E-state index is 12.7. The molecule has 1 amide bonds. The third-order valence-corrected chi connectivity index (χ3v) is 6.75. The molecule has 8 nitrogen and oxygen atoms in total. The lowest BCUT2D eigenvalue weighted by Gasteiger charge is -2.13. The second-order valence-corrected chi connectivity index (χ2v) is 9.74. The molecule has 10 heteroatoms. The Balaban J connectivity index is 1.72. The van der Waals surface area contributed by atoms with E-state index in [1.807, 2.05) is 12.1 Å². The van der Waals surface area contributed by atoms with E-state index in [4.69, 9.17) is 0 Å². The van der Waals surface area contributed by atoms with Crippen LogP contribution in [0.2, 0.25) is 0 Å². The Bertz CT molecular complexity index is 1130. The summed E-state index contributed by atoms with van der Waals surface area (Å²) in [6.45, 7) is 5.52. The predicted molar refractivity (Wildman–Crippen MR) is 116 cm³/mol. The lowest BCUT2D eigenvalue weighted by molar-refractivity contribution is 0.0954. The second-order valence-electron chi connectivity index (χ2n) is 6.99. The number of nitrogens with one attached hydrogen (secondary N) is 2. The minimum atomic E-state index is -3.47. The summed E-state index contributed by atoms with van der Waals surface area (Å²) in [6.07, 6.45) is 3.25. The smallest absolute Gasteiger partial charge is 0.263 e. The molecule has 0 unspecified atom stereocenters. The number of hydrogen-bond donors (Lipinski definition) is 2. The van der Waals surface area contributed by atoms with Crippen LogP contribution in [0, 0.1) is 6.92 Å². The number of aromatic nitrogens is 3. The van der Waals surface area contributed by atoms with Gasteiger partial charge in [-0.05, 0) is 38.0 Å². The fourth-order valence-corrected chi connectivity index (χ4v) is 5.27. The van der Waals surface area contributed by atoms with Crippen LogP contribution in [0.5, 0.6) is 0 Å². The molecule has 2 heterocycles. The maximum absolute atomic E-state index is 12.7. The maximum Gasteiger partial charge on any atom is 0.263 e. The van der Waals surface area contributed by atoms with Crippen molar-refractivity contribution in [3.63, 3.8) is 0 Å². The van der Waals surface area contributed by atoms with E-state index in [9.17, 15) is 13.2 Å². The SMILES string of the molecule is Cc1nc(-c2ncccn2)sc1C(=O)NCc1ccccc1CS(=O)(=O)NC(C)C. The quantitative estimate of drug-likeness (QED) is 0.551. The molecule has 0 aliphatic carbocycles. The number of benzene rings is 1. The van der Waals surface area contributed by atoms with Crippen molar-refractivity contribution < 1.29 is 13.2 Å². The summed E-state index contributed by atoms with van der Waals surface area (Å²) in [4.78, 5) is 25.9. The number of thiazole rings is 1. The largest absolute Gasteiger partial charge is 0.347 e. The van der Waals surface area contributed by atoms with E-state index in [1.165, 1.54) is 11.3 Å². The van der Waals surface area contributed by atoms with Crippen molar-refractivity contribution in [2.45, 2.75) is 39.1 Å². The molecule has 0 fully saturated rings. The number of carbonyl (C=O) groups excluding carboxylic acids is 1. The number of carbonyl (C=O) groups is 1. The number of rotatable bonds is 8. The highest BCUT2D eigenvalue weighted by Crippen LogP contribution is 2.25. The van der Waals surface area contributed by atoms with Crippen molar-refractivity contribution in [1.29, 1.82) is 0 Å². The Morgan fingerprint density at radius 2 is 1.77 bits per heavy atom. The van der Waals surface area contributed by atoms with Crippen LogP contribution in [0.15, 0.2) is 42.7 Å². The Morgan fingerprint density at radius 3 is 2.43 bits per heavy atom. The van der Waals surface area contributed by atoms with Gasteiger partial charge in [0.2, 0.25) is 10.0 Å². The van der Waals surface area contributed by atoms with Gasteiger partial charge in [0.15, 0.2) is 10.8 Å². The van der Waals surface area contributed by atoms with Crippen molar-refractivity contribution in [2.24, 2.45) is 0 Å². The summed E-state index contributed by atoms with van der Waals surface area (Å²) in [7, 11) is -3.47. The first-order valence-corrected chi connectivity index (χ1v) is 11.8. The third-order valence-electron chi connectivity index (χ3n) is 4.08. The van der Waals surface area contributed by atoms with Gasteiger partial charge in [-0.15, -0.1) is 11.3 Å². The monoisotopic (exact) mass is 445 g/mol. The molecule has 0 saturated heterocycles. The Hall–Kier alpha value is -2.69. The first kappa shape index (κ1) is 22.0. The van der Waals surface area contributed by atoms with Gasteiger partial charge < -0.3 is 5.32 Å². The van der Waals surface area contributed by atoms with E-state index in [2.05, 4.69) is 25.0 Å². The molecule has 2 N–H and O–H groups in total. The third kappa shape index (κ3) is 5.68. The Kier molecular flexibility index (Phi) is 6.91. The van der Waals surface area contributed by atoms with Crippen LogP contribution in [0.1, 0.15) is 40.3 Å². The van der Waals surface area contributed by atoms with Gasteiger partial charge in [-0.2, -0.15) is 0 Å². The van der Waals surface area contributed by atoms with Crippen molar-refractivity contribution in [3.05, 3.63) is 64.4 Å². The number of sulfonamides is 1. The lowest BCUT2D eigenvalue weighted by atomic mass is 10.1. The molecule has 0 aliphatic heterocycles. The molecule has 0 atom stereocenters. The van der Waals surface area contributed by atoms with Gasteiger partial charge in [0.05, 0.1) is 11.4 Å². The molecule has 0 aliphatic rings. The molecule has 3 aromatic rings. The first-order chi connectivity index (χ1) is 14.2. The molecule has 0 bridgehead atoms. The fraction of sp³-hybridized carbons (Fsp3) is 0.300. The van der Waals surface area contributed by atoms with Gasteiger partial charge >= 0.3 is 0 Å². The van der Waals surface area contributed by atoms with E-state index in [1.54, 1.807) is 51.4 Å². The van der Waals surface area contributed by atoms with Gasteiger partial charge in [-0.25, -0.2) is 28.1 Å². The molecular weight excluding hydrogens is 422 g/mol. The van der Waals surface area contributed by atoms with Gasteiger partial charge in [-0.3, -0.25) is 4.79 Å². The first-order valence-electron chi connectivity index (χ1n) is 9.35. The highest BCUT2D eigenvalue weighted by molar-refractivity contribution is 7.88. The highest BCUT2D eigenvalue weighted by atomic mass is 32.2. The standard InChI is InChI=1S/C20H23N5O3S2/c1-13(2)25-30(27,28)12-16-8-5-4-7-15(16)11-23-19(26)17-14(3)24-20(29-17)18-21-9-6-10-22-18/h4-10,13,25H,11-12H2,1-3H3,(H,23,26). The van der Waals surface area contributed by atoms with E-state index < -0.39 is 10.0 Å². The zero-order valence-electron chi connectivity index (χ0n) is 16.9. The van der Waals surface area contributed by atoms with Crippen LogP contribution >= 0.6 is 11.3 Å². The lowest BCUT2D eigenvalue weighted by Crippen LogP contribution is -2.31. The summed E-state index contributed by atoms with van der Waals surface area (Å²) in [5.41, 5.74) is 1.98. The molecule has 0 saturated carbocycles. The van der Waals surface area contributed by atoms with Crippen molar-refractivity contribution in [2.75, 3.05) is 0 Å². The average molecular weight is 446 g/mol. The van der Waals surface area contributed by atoms with E-state index in [-0.39, 0.29) is 24.2 Å². The Morgan fingerprint density at radius 1 is 1.10 bits per heavy atom. The molecule has 30 heavy (non-hydrogen) atoms. The number of nitrogens with zero attached hydrogens (tertiary/aromatic N) is 3. The summed E-state index contributed by atoms with van der Waals surface area (Å²) in [6, 6.07) is 8.69. The van der Waals surface area contributed by atoms with E-state index >= 15 is 0 Å². The summed E-state index contributed by atoms with van der Waals surface area (Å²) < 4.78 is 27.2. The summed E-state index contributed by atoms with van der Waals surface area (Å²) >= 11 is 1.22. The number of amides is 1. The molecule has 158 valence electrons. The summed E-state index contributed by atoms with van der Waals surface area (Å²) in [5, 5.41) is 3.44. The molecule has 3 rings (SSSR count).